The number of para-hydroxylation sites is 1. The van der Waals surface area contributed by atoms with Crippen molar-refractivity contribution in [2.75, 3.05) is 52.3 Å². The Morgan fingerprint density at radius 2 is 1.82 bits per heavy atom. The number of hydrogen-bond donors (Lipinski definition) is 0. The number of aromatic nitrogens is 4. The van der Waals surface area contributed by atoms with Crippen molar-refractivity contribution >= 4 is 40.4 Å². The van der Waals surface area contributed by atoms with Crippen LogP contribution in [0.4, 0.5) is 4.79 Å². The Morgan fingerprint density at radius 1 is 1.09 bits per heavy atom. The zero-order valence-corrected chi connectivity index (χ0v) is 20.1. The first-order valence-corrected chi connectivity index (χ1v) is 12.2. The molecule has 182 valence electrons. The lowest BCUT2D eigenvalue weighted by Crippen LogP contribution is -2.51. The van der Waals surface area contributed by atoms with Crippen LogP contribution in [0.1, 0.15) is 13.3 Å². The van der Waals surface area contributed by atoms with Crippen LogP contribution in [0.15, 0.2) is 34.2 Å². The minimum atomic E-state index is -0.345. The van der Waals surface area contributed by atoms with Gasteiger partial charge in [-0.05, 0) is 25.5 Å². The van der Waals surface area contributed by atoms with E-state index in [0.29, 0.717) is 74.2 Å². The largest absolute Gasteiger partial charge is 0.450 e. The summed E-state index contributed by atoms with van der Waals surface area (Å²) in [5.41, 5.74) is 0.576. The fourth-order valence-electron chi connectivity index (χ4n) is 3.97. The minimum absolute atomic E-state index is 0.0389. The Morgan fingerprint density at radius 3 is 2.56 bits per heavy atom. The van der Waals surface area contributed by atoms with Gasteiger partial charge in [-0.2, -0.15) is 0 Å². The van der Waals surface area contributed by atoms with Gasteiger partial charge in [0.05, 0.1) is 23.3 Å². The Hall–Kier alpha value is -3.12. The molecular formula is C22H28N6O5S. The van der Waals surface area contributed by atoms with E-state index in [1.165, 1.54) is 11.8 Å². The highest BCUT2D eigenvalue weighted by Gasteiger charge is 2.25. The zero-order chi connectivity index (χ0) is 24.1. The highest BCUT2D eigenvalue weighted by molar-refractivity contribution is 7.99. The smallest absolute Gasteiger partial charge is 0.409 e. The molecule has 3 heterocycles. The van der Waals surface area contributed by atoms with E-state index >= 15 is 0 Å². The van der Waals surface area contributed by atoms with Crippen LogP contribution in [-0.4, -0.2) is 93.2 Å². The van der Waals surface area contributed by atoms with Gasteiger partial charge in [0.1, 0.15) is 0 Å². The van der Waals surface area contributed by atoms with Gasteiger partial charge in [-0.15, -0.1) is 10.2 Å². The molecule has 2 amide bonds. The van der Waals surface area contributed by atoms with Crippen molar-refractivity contribution in [1.82, 2.24) is 29.0 Å². The Balaban J connectivity index is 1.51. The van der Waals surface area contributed by atoms with Crippen molar-refractivity contribution in [2.24, 2.45) is 0 Å². The van der Waals surface area contributed by atoms with E-state index in [1.807, 2.05) is 22.6 Å². The third-order valence-corrected chi connectivity index (χ3v) is 6.61. The van der Waals surface area contributed by atoms with Crippen molar-refractivity contribution in [3.63, 3.8) is 0 Å². The SMILES string of the molecule is CCOC(=O)N1CCN(C(=O)CSc2nnc3n(CCCOC)c(=O)c4ccccc4n23)CC1. The second-order valence-electron chi connectivity index (χ2n) is 7.79. The molecule has 0 bridgehead atoms. The third-order valence-electron chi connectivity index (χ3n) is 5.69. The van der Waals surface area contributed by atoms with E-state index in [4.69, 9.17) is 9.47 Å². The van der Waals surface area contributed by atoms with E-state index in [0.717, 1.165) is 0 Å². The lowest BCUT2D eigenvalue weighted by molar-refractivity contribution is -0.129. The second-order valence-corrected chi connectivity index (χ2v) is 8.74. The average molecular weight is 489 g/mol. The quantitative estimate of drug-likeness (QED) is 0.346. The van der Waals surface area contributed by atoms with Crippen molar-refractivity contribution in [3.8, 4) is 0 Å². The van der Waals surface area contributed by atoms with E-state index in [9.17, 15) is 14.4 Å². The number of methoxy groups -OCH3 is 1. The van der Waals surface area contributed by atoms with E-state index < -0.39 is 0 Å². The van der Waals surface area contributed by atoms with Crippen LogP contribution < -0.4 is 5.56 Å². The highest BCUT2D eigenvalue weighted by Crippen LogP contribution is 2.22. The summed E-state index contributed by atoms with van der Waals surface area (Å²) < 4.78 is 13.6. The predicted octanol–water partition coefficient (Wildman–Crippen LogP) is 1.47. The van der Waals surface area contributed by atoms with Gasteiger partial charge in [-0.25, -0.2) is 4.79 Å². The molecule has 0 aliphatic carbocycles. The highest BCUT2D eigenvalue weighted by atomic mass is 32.2. The van der Waals surface area contributed by atoms with E-state index in [-0.39, 0.29) is 23.3 Å². The number of nitrogens with zero attached hydrogens (tertiary/aromatic N) is 6. The molecule has 34 heavy (non-hydrogen) atoms. The molecular weight excluding hydrogens is 460 g/mol. The maximum Gasteiger partial charge on any atom is 0.409 e. The van der Waals surface area contributed by atoms with Crippen LogP contribution in [0.5, 0.6) is 0 Å². The maximum absolute atomic E-state index is 13.1. The molecule has 1 aliphatic rings. The third kappa shape index (κ3) is 4.87. The van der Waals surface area contributed by atoms with E-state index in [2.05, 4.69) is 10.2 Å². The lowest BCUT2D eigenvalue weighted by Gasteiger charge is -2.34. The predicted molar refractivity (Wildman–Crippen MR) is 127 cm³/mol. The molecule has 1 fully saturated rings. The molecule has 0 unspecified atom stereocenters. The molecule has 1 aliphatic heterocycles. The molecule has 1 saturated heterocycles. The van der Waals surface area contributed by atoms with Crippen molar-refractivity contribution in [2.45, 2.75) is 25.0 Å². The first kappa shape index (κ1) is 24.0. The van der Waals surface area contributed by atoms with Gasteiger partial charge in [0.25, 0.3) is 5.56 Å². The van der Waals surface area contributed by atoms with Gasteiger partial charge >= 0.3 is 6.09 Å². The number of carbonyl (C=O) groups excluding carboxylic acids is 2. The number of fused-ring (bicyclic) bond motifs is 3. The monoisotopic (exact) mass is 488 g/mol. The van der Waals surface area contributed by atoms with Gasteiger partial charge in [0, 0.05) is 46.4 Å². The average Bonchev–Trinajstić information content (AvgIpc) is 3.29. The summed E-state index contributed by atoms with van der Waals surface area (Å²) in [6.45, 7) is 4.89. The zero-order valence-electron chi connectivity index (χ0n) is 19.3. The number of piperazine rings is 1. The maximum atomic E-state index is 13.1. The number of amides is 2. The molecule has 12 heteroatoms. The van der Waals surface area contributed by atoms with Crippen LogP contribution in [0.3, 0.4) is 0 Å². The van der Waals surface area contributed by atoms with Crippen LogP contribution in [0.25, 0.3) is 16.7 Å². The van der Waals surface area contributed by atoms with Gasteiger partial charge < -0.3 is 19.3 Å². The molecule has 0 saturated carbocycles. The number of carbonyl (C=O) groups is 2. The van der Waals surface area contributed by atoms with Crippen LogP contribution in [-0.2, 0) is 20.8 Å². The molecule has 11 nitrogen and oxygen atoms in total. The summed E-state index contributed by atoms with van der Waals surface area (Å²) in [4.78, 5) is 41.1. The molecule has 1 aromatic carbocycles. The fraction of sp³-hybridized carbons (Fsp3) is 0.500. The molecule has 0 N–H and O–H groups in total. The summed E-state index contributed by atoms with van der Waals surface area (Å²) in [5.74, 6) is 0.581. The van der Waals surface area contributed by atoms with Gasteiger partial charge in [0.15, 0.2) is 5.16 Å². The van der Waals surface area contributed by atoms with E-state index in [1.54, 1.807) is 34.5 Å². The molecule has 2 aromatic heterocycles. The number of ether oxygens (including phenoxy) is 2. The Kier molecular flexibility index (Phi) is 7.68. The van der Waals surface area contributed by atoms with Gasteiger partial charge in [-0.3, -0.25) is 18.6 Å². The van der Waals surface area contributed by atoms with Crippen molar-refractivity contribution < 1.29 is 19.1 Å². The minimum Gasteiger partial charge on any atom is -0.450 e. The number of benzene rings is 1. The first-order chi connectivity index (χ1) is 16.5. The molecule has 3 aromatic rings. The van der Waals surface area contributed by atoms with Gasteiger partial charge in [-0.1, -0.05) is 23.9 Å². The van der Waals surface area contributed by atoms with Crippen molar-refractivity contribution in [3.05, 3.63) is 34.6 Å². The number of thioether (sulfide) groups is 1. The van der Waals surface area contributed by atoms with Crippen LogP contribution >= 0.6 is 11.8 Å². The number of aryl methyl sites for hydroxylation is 1. The van der Waals surface area contributed by atoms with Crippen molar-refractivity contribution in [1.29, 1.82) is 0 Å². The summed E-state index contributed by atoms with van der Waals surface area (Å²) in [6, 6.07) is 7.32. The number of hydrogen-bond acceptors (Lipinski definition) is 8. The summed E-state index contributed by atoms with van der Waals surface area (Å²) in [5, 5.41) is 9.68. The standard InChI is InChI=1S/C22H28N6O5S/c1-3-33-22(31)26-12-10-25(11-13-26)18(29)15-34-21-24-23-20-27(9-6-14-32-2)19(30)16-7-4-5-8-17(16)28(20)21/h4-5,7-8H,3,6,9-15H2,1-2H3. The first-order valence-electron chi connectivity index (χ1n) is 11.2. The Bertz CT molecular complexity index is 1230. The molecule has 0 spiro atoms. The summed E-state index contributed by atoms with van der Waals surface area (Å²) in [6.07, 6.45) is 0.318. The van der Waals surface area contributed by atoms with Crippen LogP contribution in [0.2, 0.25) is 0 Å². The van der Waals surface area contributed by atoms with Gasteiger partial charge in [0.2, 0.25) is 11.7 Å². The Labute approximate surface area is 200 Å². The normalized spacial score (nSPS) is 14.2. The molecule has 0 radical (unpaired) electrons. The summed E-state index contributed by atoms with van der Waals surface area (Å²) in [7, 11) is 1.62. The van der Waals surface area contributed by atoms with Crippen LogP contribution in [0, 0.1) is 0 Å². The summed E-state index contributed by atoms with van der Waals surface area (Å²) >= 11 is 1.28. The number of rotatable bonds is 8. The lowest BCUT2D eigenvalue weighted by atomic mass is 10.2. The topological polar surface area (TPSA) is 111 Å². The molecule has 4 rings (SSSR count). The second kappa shape index (κ2) is 10.9. The molecule has 0 atom stereocenters. The fourth-order valence-corrected chi connectivity index (χ4v) is 4.81.